The first-order valence-corrected chi connectivity index (χ1v) is 10.3. The van der Waals surface area contributed by atoms with E-state index in [9.17, 15) is 35.9 Å². The van der Waals surface area contributed by atoms with Crippen LogP contribution in [-0.2, 0) is 20.5 Å². The second-order valence-corrected chi connectivity index (χ2v) is 7.91. The van der Waals surface area contributed by atoms with Crippen LogP contribution in [0.15, 0.2) is 18.2 Å². The lowest BCUT2D eigenvalue weighted by atomic mass is 9.90. The largest absolute Gasteiger partial charge is 0.676 e. The monoisotopic (exact) mass is 481 g/mol. The molecule has 1 atom stereocenters. The van der Waals surface area contributed by atoms with Crippen LogP contribution >= 0.6 is 0 Å². The fourth-order valence-electron chi connectivity index (χ4n) is 3.85. The van der Waals surface area contributed by atoms with Crippen molar-refractivity contribution in [2.45, 2.75) is 43.7 Å². The van der Waals surface area contributed by atoms with Crippen molar-refractivity contribution in [3.63, 3.8) is 0 Å². The molecule has 0 unspecified atom stereocenters. The third-order valence-corrected chi connectivity index (χ3v) is 5.65. The zero-order valence-electron chi connectivity index (χ0n) is 17.4. The molecular formula is C20H23F6N4O3-. The van der Waals surface area contributed by atoms with Gasteiger partial charge in [-0.05, 0) is 31.0 Å². The zero-order chi connectivity index (χ0) is 24.4. The van der Waals surface area contributed by atoms with Crippen molar-refractivity contribution in [2.24, 2.45) is 0 Å². The Morgan fingerprint density at radius 2 is 1.94 bits per heavy atom. The predicted octanol–water partition coefficient (Wildman–Crippen LogP) is 3.84. The van der Waals surface area contributed by atoms with Gasteiger partial charge in [0.15, 0.2) is 0 Å². The quantitative estimate of drug-likeness (QED) is 0.600. The topological polar surface area (TPSA) is 85.7 Å². The Morgan fingerprint density at radius 3 is 2.45 bits per heavy atom. The van der Waals surface area contributed by atoms with Gasteiger partial charge in [-0.25, -0.2) is 0 Å². The number of nitrogens with zero attached hydrogens (tertiary/aromatic N) is 2. The van der Waals surface area contributed by atoms with Crippen molar-refractivity contribution < 1.29 is 40.7 Å². The number of alkyl halides is 6. The highest BCUT2D eigenvalue weighted by Gasteiger charge is 2.41. The number of amides is 2. The Morgan fingerprint density at radius 1 is 1.24 bits per heavy atom. The summed E-state index contributed by atoms with van der Waals surface area (Å²) in [7, 11) is 0. The number of hydrogen-bond acceptors (Lipinski definition) is 4. The molecule has 0 radical (unpaired) electrons. The SMILES string of the molecule is [NH-]C[C@@H](C(=O)Nc1ccc(N2CCOCC2=O)c(C(F)(F)F)c1)N(CC(F)(F)F)C1CCC1. The summed E-state index contributed by atoms with van der Waals surface area (Å²) in [5.41, 5.74) is 5.74. The number of carbonyl (C=O) groups is 2. The molecule has 1 saturated carbocycles. The lowest BCUT2D eigenvalue weighted by molar-refractivity contribution is -0.162. The van der Waals surface area contributed by atoms with Crippen LogP contribution < -0.4 is 10.2 Å². The van der Waals surface area contributed by atoms with Crippen molar-refractivity contribution in [1.29, 1.82) is 0 Å². The number of morpholine rings is 1. The molecule has 1 aliphatic heterocycles. The van der Waals surface area contributed by atoms with Crippen molar-refractivity contribution in [2.75, 3.05) is 43.1 Å². The molecule has 1 aromatic rings. The molecule has 1 saturated heterocycles. The van der Waals surface area contributed by atoms with Crippen LogP contribution in [-0.4, -0.2) is 67.8 Å². The number of halogens is 6. The fourth-order valence-corrected chi connectivity index (χ4v) is 3.85. The van der Waals surface area contributed by atoms with Gasteiger partial charge in [-0.1, -0.05) is 6.42 Å². The lowest BCUT2D eigenvalue weighted by Gasteiger charge is -2.43. The maximum atomic E-state index is 13.7. The van der Waals surface area contributed by atoms with Gasteiger partial charge in [0.1, 0.15) is 6.61 Å². The van der Waals surface area contributed by atoms with Crippen molar-refractivity contribution in [3.8, 4) is 0 Å². The summed E-state index contributed by atoms with van der Waals surface area (Å²) in [6.07, 6.45) is -7.88. The molecule has 1 heterocycles. The summed E-state index contributed by atoms with van der Waals surface area (Å²) in [4.78, 5) is 26.5. The van der Waals surface area contributed by atoms with Crippen LogP contribution in [0.5, 0.6) is 0 Å². The van der Waals surface area contributed by atoms with Crippen molar-refractivity contribution >= 4 is 23.2 Å². The number of nitrogens with one attached hydrogen (secondary N) is 2. The van der Waals surface area contributed by atoms with Crippen LogP contribution in [0.3, 0.4) is 0 Å². The van der Waals surface area contributed by atoms with Gasteiger partial charge >= 0.3 is 12.4 Å². The van der Waals surface area contributed by atoms with Gasteiger partial charge in [0, 0.05) is 18.3 Å². The summed E-state index contributed by atoms with van der Waals surface area (Å²) in [6.45, 7) is -2.46. The van der Waals surface area contributed by atoms with Gasteiger partial charge in [-0.2, -0.15) is 26.3 Å². The third kappa shape index (κ3) is 6.15. The maximum absolute atomic E-state index is 13.7. The van der Waals surface area contributed by atoms with Crippen LogP contribution in [0.25, 0.3) is 5.73 Å². The molecule has 184 valence electrons. The van der Waals surface area contributed by atoms with E-state index < -0.39 is 60.6 Å². The Balaban J connectivity index is 1.85. The Bertz CT molecular complexity index is 872. The van der Waals surface area contributed by atoms with E-state index in [1.807, 2.05) is 0 Å². The third-order valence-electron chi connectivity index (χ3n) is 5.65. The average Bonchev–Trinajstić information content (AvgIpc) is 2.66. The molecule has 7 nitrogen and oxygen atoms in total. The Labute approximate surface area is 185 Å². The molecular weight excluding hydrogens is 458 g/mol. The minimum absolute atomic E-state index is 0.0584. The minimum atomic E-state index is -4.86. The molecule has 3 rings (SSSR count). The van der Waals surface area contributed by atoms with E-state index in [4.69, 9.17) is 10.5 Å². The molecule has 13 heteroatoms. The first-order valence-electron chi connectivity index (χ1n) is 10.3. The van der Waals surface area contributed by atoms with Crippen molar-refractivity contribution in [3.05, 3.63) is 29.5 Å². The normalized spacial score (nSPS) is 18.9. The van der Waals surface area contributed by atoms with Crippen LogP contribution in [0.1, 0.15) is 24.8 Å². The van der Waals surface area contributed by atoms with E-state index in [1.165, 1.54) is 0 Å². The first-order chi connectivity index (χ1) is 15.4. The standard InChI is InChI=1S/C20H23F6N4O3/c21-19(22,23)11-30(13-2-1-3-13)16(9-27)18(32)28-12-4-5-15(14(8-12)20(24,25)26)29-6-7-33-10-17(29)31/h4-5,8,13,16,27H,1-3,6-7,9-11H2,(H,28,32)/q-1/t16-/m0/s1. The van der Waals surface area contributed by atoms with E-state index >= 15 is 0 Å². The molecule has 1 aromatic carbocycles. The van der Waals surface area contributed by atoms with E-state index in [0.717, 1.165) is 21.9 Å². The van der Waals surface area contributed by atoms with Crippen LogP contribution in [0.2, 0.25) is 0 Å². The average molecular weight is 481 g/mol. The Hall–Kier alpha value is -2.38. The molecule has 0 bridgehead atoms. The molecule has 0 spiro atoms. The number of hydrogen-bond donors (Lipinski definition) is 1. The molecule has 1 aliphatic carbocycles. The Kier molecular flexibility index (Phi) is 7.54. The highest BCUT2D eigenvalue weighted by molar-refractivity contribution is 5.98. The summed E-state index contributed by atoms with van der Waals surface area (Å²) < 4.78 is 85.2. The van der Waals surface area contributed by atoms with Gasteiger partial charge in [0.2, 0.25) is 5.91 Å². The minimum Gasteiger partial charge on any atom is -0.676 e. The number of carbonyl (C=O) groups excluding carboxylic acids is 2. The van der Waals surface area contributed by atoms with Crippen LogP contribution in [0.4, 0.5) is 37.7 Å². The molecule has 33 heavy (non-hydrogen) atoms. The predicted molar refractivity (Wildman–Crippen MR) is 107 cm³/mol. The van der Waals surface area contributed by atoms with Gasteiger partial charge in [-0.15, -0.1) is 6.54 Å². The fraction of sp³-hybridized carbons (Fsp3) is 0.600. The van der Waals surface area contributed by atoms with E-state index in [-0.39, 0.29) is 25.4 Å². The van der Waals surface area contributed by atoms with Crippen molar-refractivity contribution in [1.82, 2.24) is 4.90 Å². The smallest absolute Gasteiger partial charge is 0.418 e. The van der Waals surface area contributed by atoms with Gasteiger partial charge in [0.25, 0.3) is 5.91 Å². The van der Waals surface area contributed by atoms with E-state index in [2.05, 4.69) is 5.32 Å². The number of ether oxygens (including phenoxy) is 1. The molecule has 2 aliphatic rings. The molecule has 2 N–H and O–H groups in total. The van der Waals surface area contributed by atoms with E-state index in [0.29, 0.717) is 25.3 Å². The summed E-state index contributed by atoms with van der Waals surface area (Å²) in [5.74, 6) is -1.65. The van der Waals surface area contributed by atoms with Gasteiger partial charge < -0.3 is 20.7 Å². The number of rotatable bonds is 7. The van der Waals surface area contributed by atoms with E-state index in [1.54, 1.807) is 0 Å². The summed E-state index contributed by atoms with van der Waals surface area (Å²) in [6, 6.07) is 0.800. The highest BCUT2D eigenvalue weighted by Crippen LogP contribution is 2.39. The van der Waals surface area contributed by atoms with Gasteiger partial charge in [0.05, 0.1) is 30.4 Å². The lowest BCUT2D eigenvalue weighted by Crippen LogP contribution is -2.55. The highest BCUT2D eigenvalue weighted by atomic mass is 19.4. The maximum Gasteiger partial charge on any atom is 0.418 e. The van der Waals surface area contributed by atoms with Crippen LogP contribution in [0, 0.1) is 0 Å². The second-order valence-electron chi connectivity index (χ2n) is 7.91. The number of benzene rings is 1. The first kappa shape index (κ1) is 25.2. The van der Waals surface area contributed by atoms with Gasteiger partial charge in [-0.3, -0.25) is 14.5 Å². The molecule has 0 aromatic heterocycles. The summed E-state index contributed by atoms with van der Waals surface area (Å²) >= 11 is 0. The summed E-state index contributed by atoms with van der Waals surface area (Å²) in [5, 5.41) is 2.22. The molecule has 2 amide bonds. The second kappa shape index (κ2) is 9.85. The molecule has 2 fully saturated rings. The number of anilines is 2. The zero-order valence-corrected chi connectivity index (χ0v) is 17.4.